The van der Waals surface area contributed by atoms with Gasteiger partial charge in [0.15, 0.2) is 5.13 Å². The minimum Gasteiger partial charge on any atom is -0.365 e. The third kappa shape index (κ3) is 3.69. The summed E-state index contributed by atoms with van der Waals surface area (Å²) in [5.74, 6) is -1.41. The first-order valence-corrected chi connectivity index (χ1v) is 8.75. The Hall–Kier alpha value is -2.74. The minimum absolute atomic E-state index is 0.0821. The van der Waals surface area contributed by atoms with E-state index in [9.17, 15) is 14.4 Å². The number of aryl methyl sites for hydroxylation is 1. The molecule has 1 saturated heterocycles. The fraction of sp³-hybridized carbons (Fsp3) is 0.294. The summed E-state index contributed by atoms with van der Waals surface area (Å²) in [5.41, 5.74) is 7.16. The molecule has 3 amide bonds. The van der Waals surface area contributed by atoms with Gasteiger partial charge in [0.25, 0.3) is 5.91 Å². The van der Waals surface area contributed by atoms with Crippen molar-refractivity contribution in [1.29, 1.82) is 0 Å². The molecule has 0 bridgehead atoms. The van der Waals surface area contributed by atoms with E-state index in [1.54, 1.807) is 4.90 Å². The van der Waals surface area contributed by atoms with Crippen molar-refractivity contribution in [2.45, 2.75) is 19.8 Å². The van der Waals surface area contributed by atoms with Gasteiger partial charge in [-0.1, -0.05) is 30.4 Å². The van der Waals surface area contributed by atoms with Gasteiger partial charge in [0.2, 0.25) is 11.8 Å². The Labute approximate surface area is 148 Å². The number of nitrogens with one attached hydrogen (secondary N) is 1. The smallest absolute Gasteiger partial charge is 0.260 e. The number of anilines is 2. The highest BCUT2D eigenvalue weighted by Crippen LogP contribution is 2.27. The minimum atomic E-state index is -0.587. The molecular formula is C17H18N4O3S. The Morgan fingerprint density at radius 2 is 2.08 bits per heavy atom. The maximum atomic E-state index is 12.4. The highest BCUT2D eigenvalue weighted by molar-refractivity contribution is 7.17. The average molecular weight is 358 g/mol. The number of primary amides is 1. The van der Waals surface area contributed by atoms with Crippen molar-refractivity contribution in [3.63, 3.8) is 0 Å². The maximum Gasteiger partial charge on any atom is 0.260 e. The number of hydrogen-bond acceptors (Lipinski definition) is 5. The van der Waals surface area contributed by atoms with Gasteiger partial charge in [-0.15, -0.1) is 0 Å². The van der Waals surface area contributed by atoms with E-state index in [2.05, 4.69) is 17.2 Å². The largest absolute Gasteiger partial charge is 0.365 e. The molecule has 2 heterocycles. The topological polar surface area (TPSA) is 105 Å². The first-order valence-electron chi connectivity index (χ1n) is 7.93. The number of nitrogens with two attached hydrogens (primary N) is 1. The van der Waals surface area contributed by atoms with E-state index in [-0.39, 0.29) is 23.1 Å². The summed E-state index contributed by atoms with van der Waals surface area (Å²) < 4.78 is 0. The summed E-state index contributed by atoms with van der Waals surface area (Å²) in [7, 11) is 0. The van der Waals surface area contributed by atoms with Crippen LogP contribution in [0.3, 0.4) is 0 Å². The first-order chi connectivity index (χ1) is 12.0. The van der Waals surface area contributed by atoms with Crippen LogP contribution in [0.4, 0.5) is 10.8 Å². The number of nitrogens with zero attached hydrogens (tertiary/aromatic N) is 2. The van der Waals surface area contributed by atoms with Crippen molar-refractivity contribution in [3.8, 4) is 0 Å². The summed E-state index contributed by atoms with van der Waals surface area (Å²) in [6.45, 7) is 2.39. The number of carbonyl (C=O) groups excluding carboxylic acids is 3. The Balaban J connectivity index is 1.66. The van der Waals surface area contributed by atoms with Gasteiger partial charge in [-0.3, -0.25) is 14.4 Å². The van der Waals surface area contributed by atoms with Gasteiger partial charge in [-0.25, -0.2) is 4.98 Å². The molecule has 25 heavy (non-hydrogen) atoms. The molecule has 3 N–H and O–H groups in total. The Bertz CT molecular complexity index is 816. The monoisotopic (exact) mass is 358 g/mol. The van der Waals surface area contributed by atoms with Crippen LogP contribution in [-0.4, -0.2) is 29.3 Å². The van der Waals surface area contributed by atoms with Gasteiger partial charge < -0.3 is 16.0 Å². The fourth-order valence-electron chi connectivity index (χ4n) is 2.70. The molecule has 7 nitrogen and oxygen atoms in total. The van der Waals surface area contributed by atoms with Crippen molar-refractivity contribution in [3.05, 3.63) is 40.9 Å². The molecule has 1 aromatic carbocycles. The third-order valence-corrected chi connectivity index (χ3v) is 5.06. The number of carbonyl (C=O) groups is 3. The van der Waals surface area contributed by atoms with Crippen LogP contribution in [0.2, 0.25) is 0 Å². The molecule has 3 rings (SSSR count). The van der Waals surface area contributed by atoms with Gasteiger partial charge in [-0.2, -0.15) is 0 Å². The van der Waals surface area contributed by atoms with E-state index in [1.165, 1.54) is 11.8 Å². The standard InChI is InChI=1S/C17H18N4O3S/c1-2-10-3-5-12(6-4-10)21-9-11(7-14(21)22)16(24)20-17-19-8-13(25-17)15(18)23/h3-6,8,11H,2,7,9H2,1H3,(H2,18,23)(H,19,20,24). The van der Waals surface area contributed by atoms with Gasteiger partial charge in [0.05, 0.1) is 12.1 Å². The fourth-order valence-corrected chi connectivity index (χ4v) is 3.37. The van der Waals surface area contributed by atoms with Crippen LogP contribution < -0.4 is 16.0 Å². The third-order valence-electron chi connectivity index (χ3n) is 4.13. The number of benzene rings is 1. The zero-order valence-electron chi connectivity index (χ0n) is 13.7. The predicted molar refractivity (Wildman–Crippen MR) is 95.5 cm³/mol. The van der Waals surface area contributed by atoms with E-state index in [4.69, 9.17) is 5.73 Å². The molecule has 0 spiro atoms. The number of aromatic nitrogens is 1. The van der Waals surface area contributed by atoms with Gasteiger partial charge in [0, 0.05) is 18.7 Å². The second-order valence-corrected chi connectivity index (χ2v) is 6.84. The van der Waals surface area contributed by atoms with Gasteiger partial charge >= 0.3 is 0 Å². The second kappa shape index (κ2) is 7.02. The van der Waals surface area contributed by atoms with Crippen molar-refractivity contribution in [2.24, 2.45) is 11.7 Å². The SMILES string of the molecule is CCc1ccc(N2CC(C(=O)Nc3ncc(C(N)=O)s3)CC2=O)cc1. The molecule has 0 saturated carbocycles. The van der Waals surface area contributed by atoms with Crippen molar-refractivity contribution < 1.29 is 14.4 Å². The lowest BCUT2D eigenvalue weighted by atomic mass is 10.1. The van der Waals surface area contributed by atoms with E-state index in [1.807, 2.05) is 24.3 Å². The zero-order chi connectivity index (χ0) is 18.0. The first kappa shape index (κ1) is 17.1. The molecule has 1 aliphatic heterocycles. The predicted octanol–water partition coefficient (Wildman–Crippen LogP) is 1.80. The molecule has 0 radical (unpaired) electrons. The number of thiazole rings is 1. The molecule has 1 fully saturated rings. The van der Waals surface area contributed by atoms with Crippen LogP contribution in [0.15, 0.2) is 30.5 Å². The number of rotatable bonds is 5. The molecule has 130 valence electrons. The van der Waals surface area contributed by atoms with Crippen molar-refractivity contribution >= 4 is 39.9 Å². The summed E-state index contributed by atoms with van der Waals surface area (Å²) in [6.07, 6.45) is 2.40. The Kier molecular flexibility index (Phi) is 4.80. The van der Waals surface area contributed by atoms with Gasteiger partial charge in [0.1, 0.15) is 4.88 Å². The Morgan fingerprint density at radius 3 is 2.68 bits per heavy atom. The number of amides is 3. The van der Waals surface area contributed by atoms with Crippen LogP contribution in [0.25, 0.3) is 0 Å². The molecule has 1 unspecified atom stereocenters. The lowest BCUT2D eigenvalue weighted by molar-refractivity contribution is -0.122. The maximum absolute atomic E-state index is 12.4. The molecule has 0 aliphatic carbocycles. The van der Waals surface area contributed by atoms with Crippen molar-refractivity contribution in [2.75, 3.05) is 16.8 Å². The molecule has 8 heteroatoms. The average Bonchev–Trinajstić information content (AvgIpc) is 3.22. The normalized spacial score (nSPS) is 16.9. The van der Waals surface area contributed by atoms with Crippen LogP contribution >= 0.6 is 11.3 Å². The summed E-state index contributed by atoms with van der Waals surface area (Å²) in [6, 6.07) is 7.77. The summed E-state index contributed by atoms with van der Waals surface area (Å²) >= 11 is 1.01. The van der Waals surface area contributed by atoms with Crippen LogP contribution in [-0.2, 0) is 16.0 Å². The molecule has 1 aromatic heterocycles. The van der Waals surface area contributed by atoms with Crippen molar-refractivity contribution in [1.82, 2.24) is 4.98 Å². The lowest BCUT2D eigenvalue weighted by Crippen LogP contribution is -2.28. The van der Waals surface area contributed by atoms with Gasteiger partial charge in [-0.05, 0) is 24.1 Å². The summed E-state index contributed by atoms with van der Waals surface area (Å²) in [5, 5.41) is 2.95. The van der Waals surface area contributed by atoms with Crippen LogP contribution in [0, 0.1) is 5.92 Å². The highest BCUT2D eigenvalue weighted by atomic mass is 32.1. The van der Waals surface area contributed by atoms with E-state index in [0.29, 0.717) is 11.7 Å². The Morgan fingerprint density at radius 1 is 1.36 bits per heavy atom. The van der Waals surface area contributed by atoms with Crippen LogP contribution in [0.1, 0.15) is 28.6 Å². The highest BCUT2D eigenvalue weighted by Gasteiger charge is 2.35. The molecule has 1 aliphatic rings. The molecule has 2 aromatic rings. The molecule has 1 atom stereocenters. The zero-order valence-corrected chi connectivity index (χ0v) is 14.5. The molecular weight excluding hydrogens is 340 g/mol. The van der Waals surface area contributed by atoms with E-state index < -0.39 is 11.8 Å². The van der Waals surface area contributed by atoms with E-state index >= 15 is 0 Å². The summed E-state index contributed by atoms with van der Waals surface area (Å²) in [4.78, 5) is 41.6. The van der Waals surface area contributed by atoms with Crippen LogP contribution in [0.5, 0.6) is 0 Å². The van der Waals surface area contributed by atoms with E-state index in [0.717, 1.165) is 23.4 Å². The second-order valence-electron chi connectivity index (χ2n) is 5.81. The number of hydrogen-bond donors (Lipinski definition) is 2. The lowest BCUT2D eigenvalue weighted by Gasteiger charge is -2.17. The quantitative estimate of drug-likeness (QED) is 0.850.